The van der Waals surface area contributed by atoms with Gasteiger partial charge in [-0.3, -0.25) is 14.6 Å². The highest BCUT2D eigenvalue weighted by Gasteiger charge is 2.11. The second-order valence-electron chi connectivity index (χ2n) is 7.94. The summed E-state index contributed by atoms with van der Waals surface area (Å²) < 4.78 is 0. The van der Waals surface area contributed by atoms with Gasteiger partial charge in [-0.25, -0.2) is 9.97 Å². The average molecular weight is 504 g/mol. The second kappa shape index (κ2) is 11.9. The summed E-state index contributed by atoms with van der Waals surface area (Å²) in [6.07, 6.45) is 1.63. The van der Waals surface area contributed by atoms with E-state index >= 15 is 0 Å². The third-order valence-corrected chi connectivity index (χ3v) is 5.49. The van der Waals surface area contributed by atoms with Crippen LogP contribution in [0, 0.1) is 0 Å². The van der Waals surface area contributed by atoms with Crippen molar-refractivity contribution in [2.24, 2.45) is 0 Å². The van der Waals surface area contributed by atoms with Crippen LogP contribution in [0.1, 0.15) is 17.4 Å². The van der Waals surface area contributed by atoms with Crippen LogP contribution in [-0.4, -0.2) is 52.9 Å². The lowest BCUT2D eigenvalue weighted by atomic mass is 10.1. The van der Waals surface area contributed by atoms with Crippen molar-refractivity contribution in [3.05, 3.63) is 77.6 Å². The molecule has 36 heavy (non-hydrogen) atoms. The first-order valence-electron chi connectivity index (χ1n) is 11.5. The first kappa shape index (κ1) is 24.9. The van der Waals surface area contributed by atoms with Crippen LogP contribution in [0.2, 0.25) is 5.02 Å². The van der Waals surface area contributed by atoms with Crippen molar-refractivity contribution in [1.29, 1.82) is 0 Å². The van der Waals surface area contributed by atoms with Gasteiger partial charge < -0.3 is 21.3 Å². The van der Waals surface area contributed by atoms with Crippen LogP contribution >= 0.6 is 11.6 Å². The van der Waals surface area contributed by atoms with Gasteiger partial charge in [0, 0.05) is 61.3 Å². The number of fused-ring (bicyclic) bond motifs is 1. The van der Waals surface area contributed by atoms with Crippen molar-refractivity contribution >= 4 is 45.8 Å². The SMILES string of the molecule is CC(=O)NCCNc1cc(NCCNC(=O)c2nccc3ccccc23)nc(-c2ccc(Cl)cc2)n1. The number of carbonyl (C=O) groups excluding carboxylic acids is 2. The van der Waals surface area contributed by atoms with Crippen LogP contribution in [0.4, 0.5) is 11.6 Å². The van der Waals surface area contributed by atoms with Crippen molar-refractivity contribution in [1.82, 2.24) is 25.6 Å². The van der Waals surface area contributed by atoms with E-state index in [4.69, 9.17) is 11.6 Å². The number of halogens is 1. The molecule has 0 spiro atoms. The van der Waals surface area contributed by atoms with Crippen molar-refractivity contribution in [3.8, 4) is 11.4 Å². The van der Waals surface area contributed by atoms with Crippen molar-refractivity contribution in [3.63, 3.8) is 0 Å². The van der Waals surface area contributed by atoms with E-state index in [1.165, 1.54) is 6.92 Å². The zero-order chi connectivity index (χ0) is 25.3. The Balaban J connectivity index is 1.41. The topological polar surface area (TPSA) is 121 Å². The van der Waals surface area contributed by atoms with Crippen LogP contribution in [0.25, 0.3) is 22.2 Å². The maximum Gasteiger partial charge on any atom is 0.270 e. The van der Waals surface area contributed by atoms with E-state index in [0.29, 0.717) is 54.4 Å². The fraction of sp³-hybridized carbons (Fsp3) is 0.192. The van der Waals surface area contributed by atoms with E-state index < -0.39 is 0 Å². The number of rotatable bonds is 10. The summed E-state index contributed by atoms with van der Waals surface area (Å²) in [5, 5.41) is 14.5. The molecule has 0 bridgehead atoms. The Morgan fingerprint density at radius 3 is 2.19 bits per heavy atom. The standard InChI is InChI=1S/C26H26ClN7O2/c1-17(35)28-12-13-29-22-16-23(34-25(33-22)19-6-8-20(27)9-7-19)30-14-15-32-26(36)24-21-5-3-2-4-18(21)10-11-31-24/h2-11,16H,12-15H2,1H3,(H,28,35)(H,32,36)(H2,29,30,33,34). The van der Waals surface area contributed by atoms with Crippen LogP contribution in [0.3, 0.4) is 0 Å². The van der Waals surface area contributed by atoms with Crippen molar-refractivity contribution in [2.45, 2.75) is 6.92 Å². The zero-order valence-electron chi connectivity index (χ0n) is 19.7. The van der Waals surface area contributed by atoms with Gasteiger partial charge >= 0.3 is 0 Å². The third-order valence-electron chi connectivity index (χ3n) is 5.24. The van der Waals surface area contributed by atoms with E-state index in [2.05, 4.69) is 36.2 Å². The van der Waals surface area contributed by atoms with E-state index in [1.807, 2.05) is 42.5 Å². The largest absolute Gasteiger partial charge is 0.368 e. The minimum Gasteiger partial charge on any atom is -0.368 e. The molecule has 0 fully saturated rings. The fourth-order valence-electron chi connectivity index (χ4n) is 3.54. The number of benzene rings is 2. The smallest absolute Gasteiger partial charge is 0.270 e. The summed E-state index contributed by atoms with van der Waals surface area (Å²) in [4.78, 5) is 37.3. The lowest BCUT2D eigenvalue weighted by molar-refractivity contribution is -0.118. The molecule has 4 N–H and O–H groups in total. The molecule has 0 unspecified atom stereocenters. The maximum atomic E-state index is 12.7. The van der Waals surface area contributed by atoms with Gasteiger partial charge in [0.1, 0.15) is 17.3 Å². The Labute approximate surface area is 213 Å². The molecule has 9 nitrogen and oxygen atoms in total. The van der Waals surface area contributed by atoms with Crippen molar-refractivity contribution in [2.75, 3.05) is 36.8 Å². The number of hydrogen-bond acceptors (Lipinski definition) is 7. The summed E-state index contributed by atoms with van der Waals surface area (Å²) in [6.45, 7) is 3.26. The van der Waals surface area contributed by atoms with Crippen LogP contribution in [0.15, 0.2) is 66.9 Å². The number of nitrogens with one attached hydrogen (secondary N) is 4. The van der Waals surface area contributed by atoms with Gasteiger partial charge in [-0.1, -0.05) is 35.9 Å². The molecule has 2 aromatic heterocycles. The summed E-state index contributed by atoms with van der Waals surface area (Å²) in [5.74, 6) is 1.38. The normalized spacial score (nSPS) is 10.6. The minimum absolute atomic E-state index is 0.0931. The predicted octanol–water partition coefficient (Wildman–Crippen LogP) is 3.74. The Morgan fingerprint density at radius 1 is 0.833 bits per heavy atom. The van der Waals surface area contributed by atoms with Crippen LogP contribution in [0.5, 0.6) is 0 Å². The highest BCUT2D eigenvalue weighted by atomic mass is 35.5. The number of aromatic nitrogens is 3. The van der Waals surface area contributed by atoms with E-state index in [1.54, 1.807) is 24.4 Å². The number of nitrogens with zero attached hydrogens (tertiary/aromatic N) is 3. The summed E-state index contributed by atoms with van der Waals surface area (Å²) >= 11 is 6.02. The van der Waals surface area contributed by atoms with Gasteiger partial charge in [-0.15, -0.1) is 0 Å². The highest BCUT2D eigenvalue weighted by Crippen LogP contribution is 2.22. The Kier molecular flexibility index (Phi) is 8.25. The molecule has 0 aliphatic rings. The van der Waals surface area contributed by atoms with E-state index in [-0.39, 0.29) is 11.8 Å². The molecule has 0 saturated heterocycles. The summed E-state index contributed by atoms with van der Waals surface area (Å²) in [7, 11) is 0. The quantitative estimate of drug-likeness (QED) is 0.243. The molecule has 184 valence electrons. The first-order chi connectivity index (χ1) is 17.5. The monoisotopic (exact) mass is 503 g/mol. The molecular formula is C26H26ClN7O2. The molecule has 0 aliphatic heterocycles. The Bertz CT molecular complexity index is 1360. The van der Waals surface area contributed by atoms with Crippen LogP contribution < -0.4 is 21.3 Å². The molecule has 0 atom stereocenters. The number of amides is 2. The summed E-state index contributed by atoms with van der Waals surface area (Å²) in [5.41, 5.74) is 1.20. The van der Waals surface area contributed by atoms with Gasteiger partial charge in [-0.2, -0.15) is 0 Å². The number of carbonyl (C=O) groups is 2. The first-order valence-corrected chi connectivity index (χ1v) is 11.9. The predicted molar refractivity (Wildman–Crippen MR) is 142 cm³/mol. The van der Waals surface area contributed by atoms with Crippen molar-refractivity contribution < 1.29 is 9.59 Å². The Morgan fingerprint density at radius 2 is 1.50 bits per heavy atom. The number of anilines is 2. The lowest BCUT2D eigenvalue weighted by Crippen LogP contribution is -2.29. The molecule has 0 saturated carbocycles. The highest BCUT2D eigenvalue weighted by molar-refractivity contribution is 6.30. The summed E-state index contributed by atoms with van der Waals surface area (Å²) in [6, 6.07) is 18.6. The van der Waals surface area contributed by atoms with E-state index in [9.17, 15) is 9.59 Å². The molecule has 0 aliphatic carbocycles. The van der Waals surface area contributed by atoms with Crippen LogP contribution in [-0.2, 0) is 4.79 Å². The fourth-order valence-corrected chi connectivity index (χ4v) is 3.66. The van der Waals surface area contributed by atoms with Gasteiger partial charge in [-0.05, 0) is 35.7 Å². The minimum atomic E-state index is -0.238. The molecule has 4 aromatic rings. The second-order valence-corrected chi connectivity index (χ2v) is 8.38. The van der Waals surface area contributed by atoms with Gasteiger partial charge in [0.25, 0.3) is 5.91 Å². The molecule has 2 aromatic carbocycles. The zero-order valence-corrected chi connectivity index (χ0v) is 20.5. The molecular weight excluding hydrogens is 478 g/mol. The molecule has 2 heterocycles. The molecule has 2 amide bonds. The average Bonchev–Trinajstić information content (AvgIpc) is 2.89. The van der Waals surface area contributed by atoms with E-state index in [0.717, 1.165) is 16.3 Å². The number of pyridine rings is 1. The lowest BCUT2D eigenvalue weighted by Gasteiger charge is -2.12. The molecule has 10 heteroatoms. The molecule has 0 radical (unpaired) electrons. The van der Waals surface area contributed by atoms with Gasteiger partial charge in [0.15, 0.2) is 5.82 Å². The Hall–Kier alpha value is -4.24. The van der Waals surface area contributed by atoms with Gasteiger partial charge in [0.05, 0.1) is 0 Å². The third kappa shape index (κ3) is 6.67. The maximum absolute atomic E-state index is 12.7. The number of hydrogen-bond donors (Lipinski definition) is 4. The van der Waals surface area contributed by atoms with Gasteiger partial charge in [0.2, 0.25) is 5.91 Å². The molecule has 4 rings (SSSR count).